The monoisotopic (exact) mass is 347 g/mol. The predicted molar refractivity (Wildman–Crippen MR) is 96.9 cm³/mol. The number of H-pyrrole nitrogens is 5. The van der Waals surface area contributed by atoms with Crippen LogP contribution in [0.5, 0.6) is 0 Å². The molecule has 0 bridgehead atoms. The Balaban J connectivity index is 1.73. The molecule has 2 aromatic rings. The van der Waals surface area contributed by atoms with E-state index in [9.17, 15) is 4.79 Å². The van der Waals surface area contributed by atoms with E-state index in [4.69, 9.17) is 0 Å². The van der Waals surface area contributed by atoms with Crippen molar-refractivity contribution in [1.82, 2.24) is 35.0 Å². The molecule has 0 fully saturated rings. The van der Waals surface area contributed by atoms with E-state index in [0.29, 0.717) is 23.2 Å². The summed E-state index contributed by atoms with van der Waals surface area (Å²) >= 11 is 0. The number of aromatic nitrogens is 7. The summed E-state index contributed by atoms with van der Waals surface area (Å²) in [5.74, 6) is 0.670. The van der Waals surface area contributed by atoms with Gasteiger partial charge in [0.15, 0.2) is 16.6 Å². The predicted octanol–water partition coefficient (Wildman–Crippen LogP) is 2.28. The number of rotatable bonds is 3. The molecule has 0 unspecified atom stereocenters. The van der Waals surface area contributed by atoms with Gasteiger partial charge in [-0.2, -0.15) is 0 Å². The van der Waals surface area contributed by atoms with Crippen LogP contribution in [0.2, 0.25) is 0 Å². The van der Waals surface area contributed by atoms with Crippen molar-refractivity contribution in [2.24, 2.45) is 0 Å². The minimum Gasteiger partial charge on any atom is -0.303 e. The Labute approximate surface area is 146 Å². The number of benzene rings is 2. The Bertz CT molecular complexity index is 1270. The first-order chi connectivity index (χ1) is 12.8. The van der Waals surface area contributed by atoms with Crippen LogP contribution >= 0.6 is 0 Å². The first-order valence-corrected chi connectivity index (χ1v) is 8.31. The second kappa shape index (κ2) is 5.62. The lowest BCUT2D eigenvalue weighted by Crippen LogP contribution is -2.19. The number of hydrogen-bond donors (Lipinski definition) is 5. The highest BCUT2D eigenvalue weighted by Crippen LogP contribution is 2.22. The fourth-order valence-corrected chi connectivity index (χ4v) is 3.24. The average molecular weight is 347 g/mol. The van der Waals surface area contributed by atoms with E-state index >= 15 is 0 Å². The summed E-state index contributed by atoms with van der Waals surface area (Å²) in [6.07, 6.45) is 0. The zero-order chi connectivity index (χ0) is 17.5. The molecule has 5 N–H and O–H groups in total. The third-order valence-corrected chi connectivity index (χ3v) is 4.47. The number of hydrogen-bond acceptors (Lipinski definition) is 1. The van der Waals surface area contributed by atoms with Gasteiger partial charge in [-0.15, -0.1) is 0 Å². The zero-order valence-electron chi connectivity index (χ0n) is 13.8. The highest BCUT2D eigenvalue weighted by atomic mass is 16.1. The van der Waals surface area contributed by atoms with Crippen LogP contribution in [0.1, 0.15) is 5.56 Å². The van der Waals surface area contributed by atoms with Crippen molar-refractivity contribution in [3.63, 3.8) is 0 Å². The van der Waals surface area contributed by atoms with Crippen LogP contribution in [-0.4, -0.2) is 35.0 Å². The molecule has 8 nitrogen and oxygen atoms in total. The van der Waals surface area contributed by atoms with Gasteiger partial charge in [-0.1, -0.05) is 60.7 Å². The van der Waals surface area contributed by atoms with Crippen LogP contribution < -0.4 is 5.56 Å². The van der Waals surface area contributed by atoms with Crippen LogP contribution in [0.15, 0.2) is 65.5 Å². The van der Waals surface area contributed by atoms with Gasteiger partial charge in [0.25, 0.3) is 5.56 Å². The summed E-state index contributed by atoms with van der Waals surface area (Å²) in [5, 5.41) is 12.8. The maximum absolute atomic E-state index is 12.6. The lowest BCUT2D eigenvalue weighted by molar-refractivity contribution is 0.585. The third-order valence-electron chi connectivity index (χ3n) is 4.47. The maximum atomic E-state index is 12.6. The smallest absolute Gasteiger partial charge is 0.278 e. The van der Waals surface area contributed by atoms with Crippen molar-refractivity contribution >= 4 is 0 Å². The minimum atomic E-state index is -0.187. The van der Waals surface area contributed by atoms with Gasteiger partial charge in [-0.3, -0.25) is 15.0 Å². The van der Waals surface area contributed by atoms with Gasteiger partial charge in [0.1, 0.15) is 5.69 Å². The zero-order valence-corrected chi connectivity index (χ0v) is 13.8. The van der Waals surface area contributed by atoms with Gasteiger partial charge < -0.3 is 4.98 Å². The fourth-order valence-electron chi connectivity index (χ4n) is 3.24. The van der Waals surface area contributed by atoms with Crippen LogP contribution in [-0.2, 0) is 6.54 Å². The molecule has 8 heteroatoms. The molecule has 0 aliphatic carbocycles. The standard InChI is InChI=1S/C18H17N7O/c26-17-15-18(24(22-21-15)11-12-7-3-1-4-8-12)25-16(19-17)14(20-23-25)13-9-5-2-6-10-13/h1-10,20-23H,11H2,(H,19,26). The summed E-state index contributed by atoms with van der Waals surface area (Å²) in [6.45, 7) is 0.603. The van der Waals surface area contributed by atoms with E-state index in [0.717, 1.165) is 16.8 Å². The number of nitrogens with zero attached hydrogens (tertiary/aromatic N) is 2. The molecule has 0 spiro atoms. The third kappa shape index (κ3) is 2.20. The number of aromatic amines is 5. The molecular formula is C18H17N7O. The van der Waals surface area contributed by atoms with Crippen LogP contribution in [0.25, 0.3) is 17.1 Å². The summed E-state index contributed by atoms with van der Waals surface area (Å²) in [6, 6.07) is 19.9. The maximum Gasteiger partial charge on any atom is 0.278 e. The summed E-state index contributed by atoms with van der Waals surface area (Å²) in [7, 11) is 0. The van der Waals surface area contributed by atoms with E-state index in [2.05, 4.69) is 25.6 Å². The van der Waals surface area contributed by atoms with E-state index in [1.165, 1.54) is 0 Å². The molecule has 3 aliphatic heterocycles. The van der Waals surface area contributed by atoms with Crippen LogP contribution in [0, 0.1) is 10.8 Å². The first kappa shape index (κ1) is 14.5. The normalized spacial score (nSPS) is 11.4. The lowest BCUT2D eigenvalue weighted by atomic mass is 10.1. The van der Waals surface area contributed by atoms with Crippen LogP contribution in [0.4, 0.5) is 0 Å². The van der Waals surface area contributed by atoms with Crippen molar-refractivity contribution in [1.29, 1.82) is 0 Å². The van der Waals surface area contributed by atoms with Gasteiger partial charge >= 0.3 is 0 Å². The van der Waals surface area contributed by atoms with Gasteiger partial charge in [-0.05, 0) is 5.56 Å². The minimum absolute atomic E-state index is 0.187. The first-order valence-electron chi connectivity index (χ1n) is 8.31. The quantitative estimate of drug-likeness (QED) is 0.339. The summed E-state index contributed by atoms with van der Waals surface area (Å²) < 4.78 is 3.72. The van der Waals surface area contributed by atoms with E-state index in [1.54, 1.807) is 0 Å². The topological polar surface area (TPSA) is 106 Å². The molecule has 2 aromatic carbocycles. The van der Waals surface area contributed by atoms with Crippen molar-refractivity contribution in [3.05, 3.63) is 87.4 Å². The molecule has 0 radical (unpaired) electrons. The lowest BCUT2D eigenvalue weighted by Gasteiger charge is -2.08. The molecule has 0 saturated heterocycles. The van der Waals surface area contributed by atoms with Gasteiger partial charge in [0.05, 0.1) is 6.54 Å². The van der Waals surface area contributed by atoms with Gasteiger partial charge in [-0.25, -0.2) is 19.8 Å². The Morgan fingerprint density at radius 1 is 0.846 bits per heavy atom. The largest absolute Gasteiger partial charge is 0.303 e. The molecular weight excluding hydrogens is 330 g/mol. The number of fused-ring (bicyclic) bond motifs is 2. The molecule has 26 heavy (non-hydrogen) atoms. The second-order valence-corrected chi connectivity index (χ2v) is 6.12. The summed E-state index contributed by atoms with van der Waals surface area (Å²) in [5.41, 5.74) is 3.45. The van der Waals surface area contributed by atoms with Gasteiger partial charge in [0, 0.05) is 5.56 Å². The molecule has 5 rings (SSSR count). The molecule has 0 saturated carbocycles. The van der Waals surface area contributed by atoms with Crippen molar-refractivity contribution in [3.8, 4) is 17.1 Å². The van der Waals surface area contributed by atoms with Crippen LogP contribution in [0.3, 0.4) is 0 Å². The molecule has 0 atom stereocenters. The molecule has 0 aromatic heterocycles. The molecule has 3 aliphatic rings. The average Bonchev–Trinajstić information content (AvgIpc) is 3.28. The Kier molecular flexibility index (Phi) is 3.14. The summed E-state index contributed by atoms with van der Waals surface area (Å²) in [4.78, 5) is 15.5. The highest BCUT2D eigenvalue weighted by Gasteiger charge is 2.17. The molecule has 0 amide bonds. The Hall–Kier alpha value is -3.81. The second-order valence-electron chi connectivity index (χ2n) is 6.12. The Morgan fingerprint density at radius 2 is 1.58 bits per heavy atom. The SMILES string of the molecule is O=c1[nH]c2c(-c3ccccc3)[nH][nH]n-2c2n(Cc3ccccc3)[nH][nH]c1=2. The molecule has 130 valence electrons. The van der Waals surface area contributed by atoms with E-state index in [1.807, 2.05) is 70.0 Å². The molecule has 3 heterocycles. The number of nitrogens with one attached hydrogen (secondary N) is 5. The Morgan fingerprint density at radius 3 is 2.35 bits per heavy atom. The highest BCUT2D eigenvalue weighted by molar-refractivity contribution is 5.66. The van der Waals surface area contributed by atoms with Gasteiger partial charge in [0.2, 0.25) is 0 Å². The van der Waals surface area contributed by atoms with E-state index in [-0.39, 0.29) is 5.56 Å². The fraction of sp³-hybridized carbons (Fsp3) is 0.0556. The van der Waals surface area contributed by atoms with Crippen molar-refractivity contribution in [2.75, 3.05) is 0 Å². The van der Waals surface area contributed by atoms with E-state index < -0.39 is 0 Å². The van der Waals surface area contributed by atoms with Crippen molar-refractivity contribution in [2.45, 2.75) is 6.54 Å². The van der Waals surface area contributed by atoms with Crippen molar-refractivity contribution < 1.29 is 0 Å².